The van der Waals surface area contributed by atoms with E-state index >= 15 is 0 Å². The normalized spacial score (nSPS) is 26.9. The number of rotatable bonds is 2. The highest BCUT2D eigenvalue weighted by molar-refractivity contribution is 5.11. The lowest BCUT2D eigenvalue weighted by atomic mass is 9.86. The maximum atomic E-state index is 9.59. The average Bonchev–Trinajstić information content (AvgIpc) is 2.40. The van der Waals surface area contributed by atoms with Crippen LogP contribution in [0.25, 0.3) is 0 Å². The minimum absolute atomic E-state index is 0.187. The number of nitriles is 1. The molecule has 96 valence electrons. The van der Waals surface area contributed by atoms with E-state index < -0.39 is 0 Å². The number of piperidine rings is 1. The molecule has 0 spiro atoms. The summed E-state index contributed by atoms with van der Waals surface area (Å²) in [5.41, 5.74) is -0.187. The van der Waals surface area contributed by atoms with E-state index in [2.05, 4.69) is 35.0 Å². The lowest BCUT2D eigenvalue weighted by molar-refractivity contribution is 0.0416. The van der Waals surface area contributed by atoms with Crippen molar-refractivity contribution in [2.45, 2.75) is 38.3 Å². The Hall–Kier alpha value is -0.630. The summed E-state index contributed by atoms with van der Waals surface area (Å²) in [4.78, 5) is 4.89. The summed E-state index contributed by atoms with van der Waals surface area (Å²) in [5.74, 6) is 0. The molecule has 0 unspecified atom stereocenters. The smallest absolute Gasteiger partial charge is 0.111 e. The fraction of sp³-hybridized carbons (Fsp3) is 0.923. The van der Waals surface area contributed by atoms with Gasteiger partial charge >= 0.3 is 0 Å². The zero-order valence-electron chi connectivity index (χ0n) is 11.1. The molecule has 2 heterocycles. The molecule has 0 aromatic rings. The van der Waals surface area contributed by atoms with Crippen LogP contribution in [-0.4, -0.2) is 60.6 Å². The second kappa shape index (κ2) is 5.34. The molecule has 0 bridgehead atoms. The number of nitrogens with one attached hydrogen (secondary N) is 1. The van der Waals surface area contributed by atoms with E-state index in [1.54, 1.807) is 0 Å². The van der Waals surface area contributed by atoms with Crippen LogP contribution >= 0.6 is 0 Å². The maximum absolute atomic E-state index is 9.59. The quantitative estimate of drug-likeness (QED) is 0.765. The molecule has 2 fully saturated rings. The Kier molecular flexibility index (Phi) is 4.03. The van der Waals surface area contributed by atoms with Crippen LogP contribution in [0, 0.1) is 11.3 Å². The standard InChI is InChI=1S/C13H24N4/c1-12(2)16-7-3-13(11-14,4-8-16)17-9-5-15-6-10-17/h12,15H,3-10H2,1-2H3. The van der Waals surface area contributed by atoms with Crippen molar-refractivity contribution in [1.29, 1.82) is 5.26 Å². The second-order valence-electron chi connectivity index (χ2n) is 5.51. The van der Waals surface area contributed by atoms with Gasteiger partial charge in [-0.3, -0.25) is 4.90 Å². The molecule has 0 aromatic carbocycles. The molecule has 2 aliphatic heterocycles. The predicted octanol–water partition coefficient (Wildman–Crippen LogP) is 0.658. The average molecular weight is 236 g/mol. The Labute approximate surface area is 105 Å². The molecule has 4 heteroatoms. The van der Waals surface area contributed by atoms with Crippen LogP contribution in [-0.2, 0) is 0 Å². The monoisotopic (exact) mass is 236 g/mol. The number of likely N-dealkylation sites (tertiary alicyclic amines) is 1. The molecule has 1 N–H and O–H groups in total. The Balaban J connectivity index is 2.00. The van der Waals surface area contributed by atoms with Gasteiger partial charge in [-0.25, -0.2) is 0 Å². The lowest BCUT2D eigenvalue weighted by Crippen LogP contribution is -2.60. The van der Waals surface area contributed by atoms with Gasteiger partial charge in [-0.1, -0.05) is 0 Å². The number of nitrogens with zero attached hydrogens (tertiary/aromatic N) is 3. The predicted molar refractivity (Wildman–Crippen MR) is 68.7 cm³/mol. The van der Waals surface area contributed by atoms with Crippen molar-refractivity contribution in [3.05, 3.63) is 0 Å². The summed E-state index contributed by atoms with van der Waals surface area (Å²) in [6.45, 7) is 10.7. The Morgan fingerprint density at radius 3 is 2.18 bits per heavy atom. The molecular formula is C13H24N4. The van der Waals surface area contributed by atoms with Gasteiger partial charge in [0, 0.05) is 45.3 Å². The summed E-state index contributed by atoms with van der Waals surface area (Å²) in [6, 6.07) is 3.22. The van der Waals surface area contributed by atoms with E-state index in [0.29, 0.717) is 6.04 Å². The zero-order chi connectivity index (χ0) is 12.3. The van der Waals surface area contributed by atoms with Gasteiger partial charge < -0.3 is 10.2 Å². The number of hydrogen-bond acceptors (Lipinski definition) is 4. The first-order valence-corrected chi connectivity index (χ1v) is 6.79. The van der Waals surface area contributed by atoms with Gasteiger partial charge in [-0.2, -0.15) is 5.26 Å². The summed E-state index contributed by atoms with van der Waals surface area (Å²) >= 11 is 0. The van der Waals surface area contributed by atoms with Crippen LogP contribution < -0.4 is 5.32 Å². The van der Waals surface area contributed by atoms with Crippen LogP contribution in [0.1, 0.15) is 26.7 Å². The Morgan fingerprint density at radius 2 is 1.71 bits per heavy atom. The molecular weight excluding hydrogens is 212 g/mol. The van der Waals surface area contributed by atoms with Gasteiger partial charge in [0.15, 0.2) is 0 Å². The van der Waals surface area contributed by atoms with Crippen molar-refractivity contribution < 1.29 is 0 Å². The topological polar surface area (TPSA) is 42.3 Å². The SMILES string of the molecule is CC(C)N1CCC(C#N)(N2CCNCC2)CC1. The second-order valence-corrected chi connectivity index (χ2v) is 5.51. The van der Waals surface area contributed by atoms with E-state index in [0.717, 1.165) is 52.1 Å². The zero-order valence-corrected chi connectivity index (χ0v) is 11.1. The van der Waals surface area contributed by atoms with Gasteiger partial charge in [-0.05, 0) is 26.7 Å². The molecule has 0 saturated carbocycles. The molecule has 2 saturated heterocycles. The third-order valence-electron chi connectivity index (χ3n) is 4.29. The molecule has 2 aliphatic rings. The summed E-state index contributed by atoms with van der Waals surface area (Å²) < 4.78 is 0. The van der Waals surface area contributed by atoms with Gasteiger partial charge in [0.2, 0.25) is 0 Å². The maximum Gasteiger partial charge on any atom is 0.111 e. The molecule has 0 amide bonds. The van der Waals surface area contributed by atoms with Crippen LogP contribution in [0.2, 0.25) is 0 Å². The highest BCUT2D eigenvalue weighted by Crippen LogP contribution is 2.29. The first-order valence-electron chi connectivity index (χ1n) is 6.79. The third kappa shape index (κ3) is 2.62. The van der Waals surface area contributed by atoms with Crippen molar-refractivity contribution in [2.24, 2.45) is 0 Å². The van der Waals surface area contributed by atoms with Crippen LogP contribution in [0.4, 0.5) is 0 Å². The Bertz CT molecular complexity index is 280. The van der Waals surface area contributed by atoms with Gasteiger partial charge in [-0.15, -0.1) is 0 Å². The van der Waals surface area contributed by atoms with E-state index in [1.807, 2.05) is 0 Å². The largest absolute Gasteiger partial charge is 0.314 e. The molecule has 0 aliphatic carbocycles. The molecule has 4 nitrogen and oxygen atoms in total. The first-order chi connectivity index (χ1) is 8.18. The van der Waals surface area contributed by atoms with Gasteiger partial charge in [0.25, 0.3) is 0 Å². The number of hydrogen-bond donors (Lipinski definition) is 1. The van der Waals surface area contributed by atoms with Crippen molar-refractivity contribution >= 4 is 0 Å². The van der Waals surface area contributed by atoms with Crippen LogP contribution in [0.5, 0.6) is 0 Å². The number of piperazine rings is 1. The van der Waals surface area contributed by atoms with Gasteiger partial charge in [0.05, 0.1) is 6.07 Å². The third-order valence-corrected chi connectivity index (χ3v) is 4.29. The molecule has 0 aromatic heterocycles. The van der Waals surface area contributed by atoms with Crippen molar-refractivity contribution in [3.63, 3.8) is 0 Å². The molecule has 0 atom stereocenters. The summed E-state index contributed by atoms with van der Waals surface area (Å²) in [6.07, 6.45) is 2.00. The van der Waals surface area contributed by atoms with E-state index in [4.69, 9.17) is 0 Å². The van der Waals surface area contributed by atoms with Crippen molar-refractivity contribution in [3.8, 4) is 6.07 Å². The van der Waals surface area contributed by atoms with Crippen molar-refractivity contribution in [1.82, 2.24) is 15.1 Å². The fourth-order valence-corrected chi connectivity index (χ4v) is 3.00. The minimum atomic E-state index is -0.187. The minimum Gasteiger partial charge on any atom is -0.314 e. The lowest BCUT2D eigenvalue weighted by Gasteiger charge is -2.46. The highest BCUT2D eigenvalue weighted by Gasteiger charge is 2.40. The fourth-order valence-electron chi connectivity index (χ4n) is 3.00. The summed E-state index contributed by atoms with van der Waals surface area (Å²) in [5, 5.41) is 12.9. The highest BCUT2D eigenvalue weighted by atomic mass is 15.3. The molecule has 2 rings (SSSR count). The van der Waals surface area contributed by atoms with Crippen LogP contribution in [0.15, 0.2) is 0 Å². The summed E-state index contributed by atoms with van der Waals surface area (Å²) in [7, 11) is 0. The molecule has 0 radical (unpaired) electrons. The van der Waals surface area contributed by atoms with Crippen LogP contribution in [0.3, 0.4) is 0 Å². The van der Waals surface area contributed by atoms with E-state index in [-0.39, 0.29) is 5.54 Å². The Morgan fingerprint density at radius 1 is 1.12 bits per heavy atom. The molecule has 17 heavy (non-hydrogen) atoms. The van der Waals surface area contributed by atoms with E-state index in [1.165, 1.54) is 0 Å². The van der Waals surface area contributed by atoms with Crippen molar-refractivity contribution in [2.75, 3.05) is 39.3 Å². The first kappa shape index (κ1) is 12.8. The van der Waals surface area contributed by atoms with E-state index in [9.17, 15) is 5.26 Å². The van der Waals surface area contributed by atoms with Gasteiger partial charge in [0.1, 0.15) is 5.54 Å².